The third-order valence-electron chi connectivity index (χ3n) is 4.88. The minimum absolute atomic E-state index is 0.0400. The fourth-order valence-electron chi connectivity index (χ4n) is 3.38. The van der Waals surface area contributed by atoms with E-state index in [0.29, 0.717) is 17.9 Å². The van der Waals surface area contributed by atoms with E-state index in [1.54, 1.807) is 11.0 Å². The van der Waals surface area contributed by atoms with Gasteiger partial charge in [0.2, 0.25) is 0 Å². The van der Waals surface area contributed by atoms with Gasteiger partial charge >= 0.3 is 0 Å². The Labute approximate surface area is 166 Å². The van der Waals surface area contributed by atoms with Crippen molar-refractivity contribution in [2.24, 2.45) is 0 Å². The molecule has 0 aliphatic rings. The molecule has 0 saturated carbocycles. The van der Waals surface area contributed by atoms with Crippen molar-refractivity contribution in [3.63, 3.8) is 0 Å². The molecule has 0 radical (unpaired) electrons. The van der Waals surface area contributed by atoms with Crippen LogP contribution < -0.4 is 5.73 Å². The molecule has 2 N–H and O–H groups in total. The van der Waals surface area contributed by atoms with E-state index < -0.39 is 0 Å². The molecule has 1 aromatic carbocycles. The predicted molar refractivity (Wildman–Crippen MR) is 112 cm³/mol. The quantitative estimate of drug-likeness (QED) is 0.729. The number of anilines is 1. The highest BCUT2D eigenvalue weighted by Gasteiger charge is 2.19. The Kier molecular flexibility index (Phi) is 5.49. The molecule has 0 atom stereocenters. The van der Waals surface area contributed by atoms with Gasteiger partial charge in [0.1, 0.15) is 5.82 Å². The second-order valence-corrected chi connectivity index (χ2v) is 7.38. The van der Waals surface area contributed by atoms with E-state index in [1.165, 1.54) is 0 Å². The van der Waals surface area contributed by atoms with Crippen molar-refractivity contribution in [3.05, 3.63) is 65.0 Å². The summed E-state index contributed by atoms with van der Waals surface area (Å²) < 4.78 is 2.01. The fourth-order valence-corrected chi connectivity index (χ4v) is 3.38. The first kappa shape index (κ1) is 19.6. The minimum Gasteiger partial charge on any atom is -0.384 e. The van der Waals surface area contributed by atoms with Gasteiger partial charge in [0.15, 0.2) is 0 Å². The molecule has 0 aliphatic heterocycles. The van der Waals surface area contributed by atoms with Crippen LogP contribution >= 0.6 is 0 Å². The summed E-state index contributed by atoms with van der Waals surface area (Å²) in [7, 11) is 1.82. The number of hydrogen-bond acceptors (Lipinski definition) is 4. The normalized spacial score (nSPS) is 11.1. The highest BCUT2D eigenvalue weighted by atomic mass is 16.2. The van der Waals surface area contributed by atoms with Gasteiger partial charge in [0, 0.05) is 42.0 Å². The molecule has 0 unspecified atom stereocenters. The van der Waals surface area contributed by atoms with E-state index in [9.17, 15) is 4.79 Å². The average Bonchev–Trinajstić information content (AvgIpc) is 2.96. The van der Waals surface area contributed by atoms with Crippen LogP contribution in [0.4, 0.5) is 5.82 Å². The zero-order valence-electron chi connectivity index (χ0n) is 17.1. The monoisotopic (exact) mass is 377 g/mol. The van der Waals surface area contributed by atoms with E-state index in [2.05, 4.69) is 30.9 Å². The molecular weight excluding hydrogens is 350 g/mol. The van der Waals surface area contributed by atoms with Gasteiger partial charge in [0.25, 0.3) is 5.91 Å². The lowest BCUT2D eigenvalue weighted by molar-refractivity contribution is 0.0785. The summed E-state index contributed by atoms with van der Waals surface area (Å²) in [6.45, 7) is 8.78. The van der Waals surface area contributed by atoms with E-state index in [-0.39, 0.29) is 11.9 Å². The third-order valence-corrected chi connectivity index (χ3v) is 4.88. The number of rotatable bonds is 5. The Morgan fingerprint density at radius 1 is 1.18 bits per heavy atom. The molecule has 1 amide bonds. The summed E-state index contributed by atoms with van der Waals surface area (Å²) in [5.74, 6) is 0.418. The van der Waals surface area contributed by atoms with Crippen LogP contribution in [0.2, 0.25) is 0 Å². The summed E-state index contributed by atoms with van der Waals surface area (Å²) in [6, 6.07) is 13.3. The van der Waals surface area contributed by atoms with Crippen LogP contribution in [0.15, 0.2) is 42.5 Å². The predicted octanol–water partition coefficient (Wildman–Crippen LogP) is 4.00. The number of pyridine rings is 1. The maximum Gasteiger partial charge on any atom is 0.253 e. The maximum atomic E-state index is 13.0. The molecule has 6 nitrogen and oxygen atoms in total. The molecule has 0 spiro atoms. The van der Waals surface area contributed by atoms with Crippen molar-refractivity contribution < 1.29 is 4.79 Å². The standard InChI is InChI=1S/C22H27N5O/c1-14(2)27-16(4)19(15(3)25-27)13-26(5)22(28)18-9-6-8-17(12-18)20-10-7-11-21(23)24-20/h6-12,14H,13H2,1-5H3,(H2,23,24). The Hall–Kier alpha value is -3.15. The van der Waals surface area contributed by atoms with Gasteiger partial charge in [0.05, 0.1) is 11.4 Å². The highest BCUT2D eigenvalue weighted by molar-refractivity contribution is 5.95. The van der Waals surface area contributed by atoms with E-state index >= 15 is 0 Å². The molecule has 6 heteroatoms. The molecule has 0 bridgehead atoms. The lowest BCUT2D eigenvalue weighted by Gasteiger charge is -2.18. The maximum absolute atomic E-state index is 13.0. The van der Waals surface area contributed by atoms with E-state index in [1.807, 2.05) is 55.1 Å². The molecular formula is C22H27N5O. The molecule has 28 heavy (non-hydrogen) atoms. The van der Waals surface area contributed by atoms with Crippen molar-refractivity contribution in [1.82, 2.24) is 19.7 Å². The molecule has 2 heterocycles. The van der Waals surface area contributed by atoms with Crippen LogP contribution in [-0.2, 0) is 6.54 Å². The number of nitrogens with zero attached hydrogens (tertiary/aromatic N) is 4. The van der Waals surface area contributed by atoms with E-state index in [0.717, 1.165) is 28.2 Å². The van der Waals surface area contributed by atoms with Crippen LogP contribution in [-0.4, -0.2) is 32.6 Å². The Morgan fingerprint density at radius 2 is 1.89 bits per heavy atom. The lowest BCUT2D eigenvalue weighted by Crippen LogP contribution is -2.26. The average molecular weight is 377 g/mol. The van der Waals surface area contributed by atoms with Crippen molar-refractivity contribution in [3.8, 4) is 11.3 Å². The third kappa shape index (κ3) is 3.91. The van der Waals surface area contributed by atoms with Gasteiger partial charge in [-0.3, -0.25) is 9.48 Å². The highest BCUT2D eigenvalue weighted by Crippen LogP contribution is 2.22. The summed E-state index contributed by atoms with van der Waals surface area (Å²) in [5, 5.41) is 4.62. The van der Waals surface area contributed by atoms with Gasteiger partial charge in [-0.15, -0.1) is 0 Å². The number of aryl methyl sites for hydroxylation is 1. The number of amides is 1. The van der Waals surface area contributed by atoms with Gasteiger partial charge in [-0.25, -0.2) is 4.98 Å². The molecule has 0 aliphatic carbocycles. The number of carbonyl (C=O) groups excluding carboxylic acids is 1. The van der Waals surface area contributed by atoms with Gasteiger partial charge in [-0.1, -0.05) is 18.2 Å². The van der Waals surface area contributed by atoms with Gasteiger partial charge < -0.3 is 10.6 Å². The van der Waals surface area contributed by atoms with Crippen LogP contribution in [0.5, 0.6) is 0 Å². The number of benzene rings is 1. The van der Waals surface area contributed by atoms with E-state index in [4.69, 9.17) is 5.73 Å². The second-order valence-electron chi connectivity index (χ2n) is 7.38. The molecule has 146 valence electrons. The molecule has 3 rings (SSSR count). The minimum atomic E-state index is -0.0400. The number of hydrogen-bond donors (Lipinski definition) is 1. The molecule has 3 aromatic rings. The van der Waals surface area contributed by atoms with Crippen molar-refractivity contribution in [2.45, 2.75) is 40.3 Å². The Morgan fingerprint density at radius 3 is 2.54 bits per heavy atom. The Balaban J connectivity index is 1.84. The van der Waals surface area contributed by atoms with Crippen molar-refractivity contribution in [2.75, 3.05) is 12.8 Å². The lowest BCUT2D eigenvalue weighted by atomic mass is 10.1. The first-order chi connectivity index (χ1) is 13.3. The number of nitrogens with two attached hydrogens (primary N) is 1. The Bertz CT molecular complexity index is 1010. The first-order valence-corrected chi connectivity index (χ1v) is 9.41. The SMILES string of the molecule is Cc1nn(C(C)C)c(C)c1CN(C)C(=O)c1cccc(-c2cccc(N)n2)c1. The summed E-state index contributed by atoms with van der Waals surface area (Å²) in [6.07, 6.45) is 0. The first-order valence-electron chi connectivity index (χ1n) is 9.41. The van der Waals surface area contributed by atoms with Crippen molar-refractivity contribution in [1.29, 1.82) is 0 Å². The van der Waals surface area contributed by atoms with Crippen LogP contribution in [0, 0.1) is 13.8 Å². The summed E-state index contributed by atoms with van der Waals surface area (Å²) >= 11 is 0. The zero-order chi connectivity index (χ0) is 20.4. The smallest absolute Gasteiger partial charge is 0.253 e. The second kappa shape index (κ2) is 7.84. The number of nitrogen functional groups attached to an aromatic ring is 1. The largest absolute Gasteiger partial charge is 0.384 e. The van der Waals surface area contributed by atoms with Crippen LogP contribution in [0.3, 0.4) is 0 Å². The number of aromatic nitrogens is 3. The molecule has 0 fully saturated rings. The summed E-state index contributed by atoms with van der Waals surface area (Å²) in [4.78, 5) is 19.1. The van der Waals surface area contributed by atoms with Crippen LogP contribution in [0.25, 0.3) is 11.3 Å². The fraction of sp³-hybridized carbons (Fsp3) is 0.318. The number of carbonyl (C=O) groups is 1. The summed E-state index contributed by atoms with van der Waals surface area (Å²) in [5.41, 5.74) is 11.2. The van der Waals surface area contributed by atoms with Crippen molar-refractivity contribution >= 4 is 11.7 Å². The topological polar surface area (TPSA) is 77.0 Å². The zero-order valence-corrected chi connectivity index (χ0v) is 17.1. The molecule has 2 aromatic heterocycles. The van der Waals surface area contributed by atoms with Crippen LogP contribution in [0.1, 0.15) is 47.2 Å². The molecule has 0 saturated heterocycles. The van der Waals surface area contributed by atoms with Gasteiger partial charge in [-0.2, -0.15) is 5.10 Å². The van der Waals surface area contributed by atoms with Gasteiger partial charge in [-0.05, 0) is 52.0 Å².